The van der Waals surface area contributed by atoms with Crippen molar-refractivity contribution in [3.8, 4) is 0 Å². The normalized spacial score (nSPS) is 22.4. The van der Waals surface area contributed by atoms with E-state index in [9.17, 15) is 5.11 Å². The largest absolute Gasteiger partial charge is 0.395 e. The standard InChI is InChI=1S/C10H18N4O/c1-2-14-10(11-8-12-14)6-13-5-3-4-9(13)7-15/h8-9,15H,2-7H2,1H3/t9-/m0/s1. The Morgan fingerprint density at radius 3 is 3.20 bits per heavy atom. The predicted molar refractivity (Wildman–Crippen MR) is 56.2 cm³/mol. The number of aliphatic hydroxyl groups excluding tert-OH is 1. The number of hydrogen-bond acceptors (Lipinski definition) is 4. The molecule has 1 N–H and O–H groups in total. The summed E-state index contributed by atoms with van der Waals surface area (Å²) in [6.45, 7) is 5.03. The molecule has 1 saturated heterocycles. The zero-order valence-electron chi connectivity index (χ0n) is 9.13. The summed E-state index contributed by atoms with van der Waals surface area (Å²) in [6.07, 6.45) is 3.87. The van der Waals surface area contributed by atoms with Gasteiger partial charge in [0.1, 0.15) is 12.2 Å². The minimum absolute atomic E-state index is 0.250. The molecule has 5 heteroatoms. The number of aryl methyl sites for hydroxylation is 1. The lowest BCUT2D eigenvalue weighted by Crippen LogP contribution is -2.32. The maximum atomic E-state index is 9.21. The number of nitrogens with zero attached hydrogens (tertiary/aromatic N) is 4. The van der Waals surface area contributed by atoms with Gasteiger partial charge in [-0.2, -0.15) is 5.10 Å². The highest BCUT2D eigenvalue weighted by Crippen LogP contribution is 2.18. The van der Waals surface area contributed by atoms with Crippen LogP contribution in [0.3, 0.4) is 0 Å². The van der Waals surface area contributed by atoms with Crippen LogP contribution in [0.25, 0.3) is 0 Å². The highest BCUT2D eigenvalue weighted by Gasteiger charge is 2.24. The van der Waals surface area contributed by atoms with Gasteiger partial charge in [0.2, 0.25) is 0 Å². The molecule has 5 nitrogen and oxygen atoms in total. The molecule has 1 atom stereocenters. The van der Waals surface area contributed by atoms with Crippen LogP contribution in [0.15, 0.2) is 6.33 Å². The quantitative estimate of drug-likeness (QED) is 0.774. The van der Waals surface area contributed by atoms with Gasteiger partial charge < -0.3 is 5.11 Å². The second kappa shape index (κ2) is 4.72. The predicted octanol–water partition coefficient (Wildman–Crippen LogP) is 0.255. The van der Waals surface area contributed by atoms with Crippen LogP contribution in [0.2, 0.25) is 0 Å². The van der Waals surface area contributed by atoms with Crippen molar-refractivity contribution in [2.24, 2.45) is 0 Å². The second-order valence-electron chi connectivity index (χ2n) is 3.94. The molecule has 1 aliphatic rings. The molecule has 2 rings (SSSR count). The van der Waals surface area contributed by atoms with Gasteiger partial charge in [-0.3, -0.25) is 4.90 Å². The van der Waals surface area contributed by atoms with E-state index >= 15 is 0 Å². The van der Waals surface area contributed by atoms with Crippen LogP contribution in [-0.2, 0) is 13.1 Å². The summed E-state index contributed by atoms with van der Waals surface area (Å²) in [6, 6.07) is 0.312. The van der Waals surface area contributed by atoms with Gasteiger partial charge in [0.05, 0.1) is 13.2 Å². The molecular formula is C10H18N4O. The first-order chi connectivity index (χ1) is 7.35. The zero-order valence-corrected chi connectivity index (χ0v) is 9.13. The monoisotopic (exact) mass is 210 g/mol. The SMILES string of the molecule is CCn1ncnc1CN1CCC[C@H]1CO. The number of aliphatic hydroxyl groups is 1. The first-order valence-electron chi connectivity index (χ1n) is 5.56. The third-order valence-electron chi connectivity index (χ3n) is 3.05. The van der Waals surface area contributed by atoms with Crippen LogP contribution in [0.5, 0.6) is 0 Å². The Labute approximate surface area is 89.7 Å². The maximum absolute atomic E-state index is 9.21. The van der Waals surface area contributed by atoms with Crippen molar-refractivity contribution in [3.63, 3.8) is 0 Å². The molecule has 0 unspecified atom stereocenters. The highest BCUT2D eigenvalue weighted by atomic mass is 16.3. The second-order valence-corrected chi connectivity index (χ2v) is 3.94. The number of likely N-dealkylation sites (tertiary alicyclic amines) is 1. The summed E-state index contributed by atoms with van der Waals surface area (Å²) in [5.41, 5.74) is 0. The van der Waals surface area contributed by atoms with E-state index in [0.29, 0.717) is 6.04 Å². The average Bonchev–Trinajstić information content (AvgIpc) is 2.87. The van der Waals surface area contributed by atoms with E-state index < -0.39 is 0 Å². The van der Waals surface area contributed by atoms with E-state index in [2.05, 4.69) is 21.9 Å². The Bertz CT molecular complexity index is 312. The minimum atomic E-state index is 0.250. The van der Waals surface area contributed by atoms with E-state index in [-0.39, 0.29) is 6.61 Å². The topological polar surface area (TPSA) is 54.2 Å². The van der Waals surface area contributed by atoms with E-state index in [0.717, 1.165) is 31.9 Å². The van der Waals surface area contributed by atoms with E-state index in [1.807, 2.05) is 4.68 Å². The molecule has 0 spiro atoms. The lowest BCUT2D eigenvalue weighted by atomic mass is 10.2. The van der Waals surface area contributed by atoms with Crippen molar-refractivity contribution < 1.29 is 5.11 Å². The Balaban J connectivity index is 2.01. The molecule has 1 aliphatic heterocycles. The van der Waals surface area contributed by atoms with Gasteiger partial charge in [-0.15, -0.1) is 0 Å². The zero-order chi connectivity index (χ0) is 10.7. The molecule has 1 fully saturated rings. The first-order valence-corrected chi connectivity index (χ1v) is 5.56. The molecule has 2 heterocycles. The van der Waals surface area contributed by atoms with Gasteiger partial charge in [0.25, 0.3) is 0 Å². The van der Waals surface area contributed by atoms with Crippen LogP contribution >= 0.6 is 0 Å². The lowest BCUT2D eigenvalue weighted by molar-refractivity contribution is 0.149. The summed E-state index contributed by atoms with van der Waals surface area (Å²) < 4.78 is 1.91. The van der Waals surface area contributed by atoms with Gasteiger partial charge in [0.15, 0.2) is 0 Å². The fourth-order valence-corrected chi connectivity index (χ4v) is 2.17. The van der Waals surface area contributed by atoms with Crippen LogP contribution in [-0.4, -0.2) is 44.0 Å². The molecule has 84 valence electrons. The van der Waals surface area contributed by atoms with Crippen LogP contribution in [0, 0.1) is 0 Å². The first kappa shape index (κ1) is 10.6. The number of aromatic nitrogens is 3. The number of rotatable bonds is 4. The van der Waals surface area contributed by atoms with Crippen molar-refractivity contribution in [2.45, 2.75) is 38.9 Å². The van der Waals surface area contributed by atoms with E-state index in [4.69, 9.17) is 0 Å². The van der Waals surface area contributed by atoms with Crippen molar-refractivity contribution in [2.75, 3.05) is 13.2 Å². The van der Waals surface area contributed by atoms with E-state index in [1.54, 1.807) is 6.33 Å². The molecule has 0 radical (unpaired) electrons. The number of hydrogen-bond donors (Lipinski definition) is 1. The fraction of sp³-hybridized carbons (Fsp3) is 0.800. The molecule has 0 amide bonds. The Morgan fingerprint density at radius 2 is 2.47 bits per heavy atom. The smallest absolute Gasteiger partial charge is 0.141 e. The molecule has 0 bridgehead atoms. The summed E-state index contributed by atoms with van der Waals surface area (Å²) in [5.74, 6) is 0.998. The fourth-order valence-electron chi connectivity index (χ4n) is 2.17. The molecule has 1 aromatic heterocycles. The molecule has 0 aromatic carbocycles. The van der Waals surface area contributed by atoms with Crippen molar-refractivity contribution in [1.82, 2.24) is 19.7 Å². The molecule has 15 heavy (non-hydrogen) atoms. The van der Waals surface area contributed by atoms with Crippen molar-refractivity contribution in [3.05, 3.63) is 12.2 Å². The van der Waals surface area contributed by atoms with Gasteiger partial charge in [-0.05, 0) is 26.3 Å². The summed E-state index contributed by atoms with van der Waals surface area (Å²) in [5, 5.41) is 13.4. The van der Waals surface area contributed by atoms with Crippen LogP contribution in [0.1, 0.15) is 25.6 Å². The van der Waals surface area contributed by atoms with Gasteiger partial charge in [-0.1, -0.05) is 0 Å². The van der Waals surface area contributed by atoms with Crippen molar-refractivity contribution in [1.29, 1.82) is 0 Å². The Morgan fingerprint density at radius 1 is 1.60 bits per heavy atom. The van der Waals surface area contributed by atoms with E-state index in [1.165, 1.54) is 6.42 Å². The summed E-state index contributed by atoms with van der Waals surface area (Å²) >= 11 is 0. The average molecular weight is 210 g/mol. The molecule has 0 aliphatic carbocycles. The summed E-state index contributed by atoms with van der Waals surface area (Å²) in [4.78, 5) is 6.54. The van der Waals surface area contributed by atoms with Gasteiger partial charge >= 0.3 is 0 Å². The van der Waals surface area contributed by atoms with Crippen molar-refractivity contribution >= 4 is 0 Å². The minimum Gasteiger partial charge on any atom is -0.395 e. The Hall–Kier alpha value is -0.940. The van der Waals surface area contributed by atoms with Crippen LogP contribution < -0.4 is 0 Å². The van der Waals surface area contributed by atoms with Gasteiger partial charge in [-0.25, -0.2) is 9.67 Å². The molecule has 0 saturated carbocycles. The highest BCUT2D eigenvalue weighted by molar-refractivity contribution is 4.88. The van der Waals surface area contributed by atoms with Crippen LogP contribution in [0.4, 0.5) is 0 Å². The third kappa shape index (κ3) is 2.18. The molecule has 1 aromatic rings. The maximum Gasteiger partial charge on any atom is 0.141 e. The lowest BCUT2D eigenvalue weighted by Gasteiger charge is -2.21. The van der Waals surface area contributed by atoms with Gasteiger partial charge in [0, 0.05) is 12.6 Å². The molecular weight excluding hydrogens is 192 g/mol. The Kier molecular flexibility index (Phi) is 3.33. The third-order valence-corrected chi connectivity index (χ3v) is 3.05. The summed E-state index contributed by atoms with van der Waals surface area (Å²) in [7, 11) is 0.